The molecule has 0 bridgehead atoms. The van der Waals surface area contributed by atoms with E-state index in [1.165, 1.54) is 0 Å². The first kappa shape index (κ1) is 18.6. The number of fused-ring (bicyclic) bond motifs is 1. The molecule has 0 fully saturated rings. The van der Waals surface area contributed by atoms with E-state index in [9.17, 15) is 4.79 Å². The molecule has 0 radical (unpaired) electrons. The summed E-state index contributed by atoms with van der Waals surface area (Å²) in [6.45, 7) is 15.5. The van der Waals surface area contributed by atoms with Gasteiger partial charge in [0.05, 0.1) is 11.0 Å². The Bertz CT molecular complexity index is 452. The predicted molar refractivity (Wildman–Crippen MR) is 84.2 cm³/mol. The molecule has 0 aromatic carbocycles. The van der Waals surface area contributed by atoms with Crippen LogP contribution in [-0.4, -0.2) is 18.9 Å². The highest BCUT2D eigenvalue weighted by molar-refractivity contribution is 6.06. The average molecular weight is 276 g/mol. The summed E-state index contributed by atoms with van der Waals surface area (Å²) in [5.74, 6) is -0.0550. The standard InChI is InChI=1S/C13H16N2O.2C2H6/c1-12(2)10-4-5-15-8-13(10,3)6-9(7-14)11(12)16;2*1-2/h4,6,15H,5,8H2,1-3H3;2*1-2H3. The first-order valence-corrected chi connectivity index (χ1v) is 7.51. The second-order valence-electron chi connectivity index (χ2n) is 5.29. The summed E-state index contributed by atoms with van der Waals surface area (Å²) in [4.78, 5) is 12.1. The van der Waals surface area contributed by atoms with Gasteiger partial charge in [-0.3, -0.25) is 4.79 Å². The van der Waals surface area contributed by atoms with Crippen molar-refractivity contribution in [2.75, 3.05) is 13.1 Å². The van der Waals surface area contributed by atoms with Crippen LogP contribution in [0.2, 0.25) is 0 Å². The largest absolute Gasteiger partial charge is 0.312 e. The molecule has 1 atom stereocenters. The van der Waals surface area contributed by atoms with Crippen molar-refractivity contribution in [2.24, 2.45) is 10.8 Å². The molecule has 1 unspecified atom stereocenters. The zero-order chi connectivity index (χ0) is 16.0. The summed E-state index contributed by atoms with van der Waals surface area (Å²) < 4.78 is 0. The van der Waals surface area contributed by atoms with Gasteiger partial charge in [0.2, 0.25) is 0 Å². The number of ketones is 1. The van der Waals surface area contributed by atoms with Crippen molar-refractivity contribution in [3.8, 4) is 6.07 Å². The molecule has 1 aliphatic heterocycles. The molecular formula is C17H28N2O. The van der Waals surface area contributed by atoms with Crippen molar-refractivity contribution < 1.29 is 4.79 Å². The Morgan fingerprint density at radius 2 is 1.75 bits per heavy atom. The Kier molecular flexibility index (Phi) is 6.88. The van der Waals surface area contributed by atoms with Gasteiger partial charge < -0.3 is 5.32 Å². The molecule has 1 N–H and O–H groups in total. The molecule has 3 nitrogen and oxygen atoms in total. The smallest absolute Gasteiger partial charge is 0.182 e. The lowest BCUT2D eigenvalue weighted by atomic mass is 9.60. The molecule has 0 aromatic heterocycles. The second-order valence-corrected chi connectivity index (χ2v) is 5.29. The zero-order valence-corrected chi connectivity index (χ0v) is 13.9. The van der Waals surface area contributed by atoms with Gasteiger partial charge >= 0.3 is 0 Å². The maximum Gasteiger partial charge on any atom is 0.182 e. The lowest BCUT2D eigenvalue weighted by Gasteiger charge is -2.44. The molecule has 20 heavy (non-hydrogen) atoms. The van der Waals surface area contributed by atoms with Gasteiger partial charge in [-0.15, -0.1) is 0 Å². The fraction of sp³-hybridized carbons (Fsp3) is 0.647. The fourth-order valence-corrected chi connectivity index (χ4v) is 2.86. The van der Waals surface area contributed by atoms with Crippen molar-refractivity contribution in [1.82, 2.24) is 5.32 Å². The molecule has 3 heteroatoms. The molecule has 0 saturated carbocycles. The van der Waals surface area contributed by atoms with E-state index in [0.29, 0.717) is 5.57 Å². The van der Waals surface area contributed by atoms with E-state index >= 15 is 0 Å². The highest BCUT2D eigenvalue weighted by Gasteiger charge is 2.47. The van der Waals surface area contributed by atoms with Gasteiger partial charge in [0.1, 0.15) is 6.07 Å². The van der Waals surface area contributed by atoms with Crippen molar-refractivity contribution >= 4 is 5.78 Å². The van der Waals surface area contributed by atoms with Crippen molar-refractivity contribution in [1.29, 1.82) is 5.26 Å². The lowest BCUT2D eigenvalue weighted by molar-refractivity contribution is -0.122. The summed E-state index contributed by atoms with van der Waals surface area (Å²) in [5.41, 5.74) is 0.702. The number of nitrogens with one attached hydrogen (secondary N) is 1. The van der Waals surface area contributed by atoms with Crippen LogP contribution in [0.4, 0.5) is 0 Å². The third-order valence-corrected chi connectivity index (χ3v) is 3.63. The maximum absolute atomic E-state index is 12.1. The molecule has 0 saturated heterocycles. The Labute approximate surface area is 123 Å². The van der Waals surface area contributed by atoms with Crippen LogP contribution in [-0.2, 0) is 4.79 Å². The normalized spacial score (nSPS) is 26.4. The van der Waals surface area contributed by atoms with Crippen LogP contribution in [0.25, 0.3) is 0 Å². The third kappa shape index (κ3) is 3.19. The van der Waals surface area contributed by atoms with Crippen LogP contribution in [0.1, 0.15) is 48.5 Å². The highest BCUT2D eigenvalue weighted by Crippen LogP contribution is 2.47. The molecule has 0 aromatic rings. The zero-order valence-electron chi connectivity index (χ0n) is 13.9. The number of rotatable bonds is 0. The van der Waals surface area contributed by atoms with E-state index in [-0.39, 0.29) is 11.2 Å². The molecule has 2 rings (SSSR count). The average Bonchev–Trinajstić information content (AvgIpc) is 2.47. The van der Waals surface area contributed by atoms with Gasteiger partial charge in [0.15, 0.2) is 5.78 Å². The predicted octanol–water partition coefficient (Wildman–Crippen LogP) is 3.63. The quantitative estimate of drug-likeness (QED) is 0.687. The Morgan fingerprint density at radius 3 is 2.25 bits per heavy atom. The van der Waals surface area contributed by atoms with Gasteiger partial charge in [-0.2, -0.15) is 5.26 Å². The summed E-state index contributed by atoms with van der Waals surface area (Å²) in [5, 5.41) is 12.3. The Morgan fingerprint density at radius 1 is 1.20 bits per heavy atom. The van der Waals surface area contributed by atoms with E-state index in [1.54, 1.807) is 0 Å². The fourth-order valence-electron chi connectivity index (χ4n) is 2.86. The van der Waals surface area contributed by atoms with Crippen LogP contribution in [0.15, 0.2) is 23.3 Å². The third-order valence-electron chi connectivity index (χ3n) is 3.63. The van der Waals surface area contributed by atoms with Crippen LogP contribution >= 0.6 is 0 Å². The minimum absolute atomic E-state index is 0.0550. The monoisotopic (exact) mass is 276 g/mol. The van der Waals surface area contributed by atoms with Crippen molar-refractivity contribution in [3.05, 3.63) is 23.3 Å². The van der Waals surface area contributed by atoms with E-state index in [4.69, 9.17) is 5.26 Å². The number of Topliss-reactive ketones (excluding diaryl/α,β-unsaturated/α-hetero) is 1. The summed E-state index contributed by atoms with van der Waals surface area (Å²) in [6, 6.07) is 2.02. The molecule has 0 amide bonds. The Balaban J connectivity index is 0.000000829. The van der Waals surface area contributed by atoms with Gasteiger partial charge in [-0.1, -0.05) is 46.8 Å². The van der Waals surface area contributed by atoms with Crippen LogP contribution < -0.4 is 5.32 Å². The first-order valence-electron chi connectivity index (χ1n) is 7.51. The van der Waals surface area contributed by atoms with Crippen LogP contribution in [0, 0.1) is 22.2 Å². The summed E-state index contributed by atoms with van der Waals surface area (Å²) >= 11 is 0. The summed E-state index contributed by atoms with van der Waals surface area (Å²) in [6.07, 6.45) is 3.91. The van der Waals surface area contributed by atoms with E-state index in [2.05, 4.69) is 18.3 Å². The number of hydrogen-bond acceptors (Lipinski definition) is 3. The van der Waals surface area contributed by atoms with E-state index in [1.807, 2.05) is 53.7 Å². The van der Waals surface area contributed by atoms with Gasteiger partial charge in [0.25, 0.3) is 0 Å². The second kappa shape index (κ2) is 7.40. The minimum Gasteiger partial charge on any atom is -0.312 e. The van der Waals surface area contributed by atoms with Gasteiger partial charge in [-0.25, -0.2) is 0 Å². The molecule has 1 heterocycles. The van der Waals surface area contributed by atoms with Crippen LogP contribution in [0.5, 0.6) is 0 Å². The molecule has 1 aliphatic carbocycles. The molecule has 112 valence electrons. The van der Waals surface area contributed by atoms with Gasteiger partial charge in [0, 0.05) is 18.5 Å². The topological polar surface area (TPSA) is 52.9 Å². The van der Waals surface area contributed by atoms with Crippen molar-refractivity contribution in [2.45, 2.75) is 48.5 Å². The number of nitriles is 1. The summed E-state index contributed by atoms with van der Waals surface area (Å²) in [7, 11) is 0. The number of allylic oxidation sites excluding steroid dienone is 1. The van der Waals surface area contributed by atoms with E-state index < -0.39 is 5.41 Å². The number of nitrogens with zero attached hydrogens (tertiary/aromatic N) is 1. The maximum atomic E-state index is 12.1. The highest BCUT2D eigenvalue weighted by atomic mass is 16.1. The van der Waals surface area contributed by atoms with Crippen molar-refractivity contribution in [3.63, 3.8) is 0 Å². The van der Waals surface area contributed by atoms with Gasteiger partial charge in [-0.05, 0) is 19.4 Å². The molecule has 2 aliphatic rings. The SMILES string of the molecule is CC.CC.CC12C=C(C#N)C(=O)C(C)(C)C1=CCNC2. The number of carbonyl (C=O) groups excluding carboxylic acids is 1. The van der Waals surface area contributed by atoms with Crippen LogP contribution in [0.3, 0.4) is 0 Å². The number of hydrogen-bond donors (Lipinski definition) is 1. The first-order chi connectivity index (χ1) is 9.42. The molecule has 0 spiro atoms. The Hall–Kier alpha value is -1.40. The van der Waals surface area contributed by atoms with E-state index in [0.717, 1.165) is 18.7 Å². The molecular weight excluding hydrogens is 248 g/mol. The lowest BCUT2D eigenvalue weighted by Crippen LogP contribution is -2.47. The minimum atomic E-state index is -0.545. The number of carbonyl (C=O) groups is 1.